The Bertz CT molecular complexity index is 914. The van der Waals surface area contributed by atoms with E-state index in [1.165, 1.54) is 10.6 Å². The van der Waals surface area contributed by atoms with Gasteiger partial charge in [0.25, 0.3) is 5.91 Å². The topological polar surface area (TPSA) is 37.7 Å². The van der Waals surface area contributed by atoms with Crippen molar-refractivity contribution >= 4 is 5.91 Å². The Kier molecular flexibility index (Phi) is 4.85. The summed E-state index contributed by atoms with van der Waals surface area (Å²) in [5, 5.41) is 0. The number of ether oxygens (including phenoxy) is 1. The molecule has 1 amide bonds. The van der Waals surface area contributed by atoms with Crippen molar-refractivity contribution in [2.75, 3.05) is 33.8 Å². The van der Waals surface area contributed by atoms with Gasteiger partial charge in [-0.3, -0.25) is 9.69 Å². The second-order valence-corrected chi connectivity index (χ2v) is 7.73. The largest absolute Gasteiger partial charge is 0.497 e. The number of carbonyl (C=O) groups excluding carboxylic acids is 1. The van der Waals surface area contributed by atoms with Crippen molar-refractivity contribution in [1.29, 1.82) is 0 Å². The molecule has 0 bridgehead atoms. The summed E-state index contributed by atoms with van der Waals surface area (Å²) in [7, 11) is 3.51. The van der Waals surface area contributed by atoms with E-state index < -0.39 is 17.4 Å². The zero-order chi connectivity index (χ0) is 20.8. The maximum atomic E-state index is 13.4. The van der Waals surface area contributed by atoms with E-state index in [-0.39, 0.29) is 5.91 Å². The van der Waals surface area contributed by atoms with Crippen molar-refractivity contribution in [3.8, 4) is 5.75 Å². The lowest BCUT2D eigenvalue weighted by atomic mass is 9.81. The lowest BCUT2D eigenvalue weighted by Gasteiger charge is -2.50. The first kappa shape index (κ1) is 19.8. The van der Waals surface area contributed by atoms with Crippen LogP contribution in [0.5, 0.6) is 5.75 Å². The van der Waals surface area contributed by atoms with Gasteiger partial charge in [0.2, 0.25) is 0 Å². The van der Waals surface area contributed by atoms with Crippen molar-refractivity contribution in [2.45, 2.75) is 31.1 Å². The summed E-state index contributed by atoms with van der Waals surface area (Å²) in [4.78, 5) is 16.8. The van der Waals surface area contributed by atoms with Gasteiger partial charge in [-0.25, -0.2) is 0 Å². The number of likely N-dealkylation sites (tertiary alicyclic amines) is 1. The highest BCUT2D eigenvalue weighted by Gasteiger charge is 2.47. The lowest BCUT2D eigenvalue weighted by Crippen LogP contribution is -2.56. The van der Waals surface area contributed by atoms with Gasteiger partial charge in [0.15, 0.2) is 0 Å². The molecule has 0 radical (unpaired) electrons. The normalized spacial score (nSPS) is 19.3. The Morgan fingerprint density at radius 2 is 1.79 bits per heavy atom. The molecule has 156 valence electrons. The van der Waals surface area contributed by atoms with E-state index in [1.54, 1.807) is 42.3 Å². The number of rotatable bonds is 2. The van der Waals surface area contributed by atoms with Crippen molar-refractivity contribution in [3.63, 3.8) is 0 Å². The number of methoxy groups -OCH3 is 1. The Hall–Kier alpha value is -2.48. The molecule has 0 saturated carbocycles. The molecule has 1 aromatic carbocycles. The first-order valence-corrected chi connectivity index (χ1v) is 9.68. The van der Waals surface area contributed by atoms with Crippen LogP contribution in [-0.2, 0) is 18.3 Å². The van der Waals surface area contributed by atoms with E-state index in [1.807, 2.05) is 7.05 Å². The van der Waals surface area contributed by atoms with Gasteiger partial charge in [0, 0.05) is 37.4 Å². The van der Waals surface area contributed by atoms with Crippen LogP contribution in [0.1, 0.15) is 34.6 Å². The number of amides is 1. The molecular formula is C21H24F3N3O2. The Labute approximate surface area is 167 Å². The second-order valence-electron chi connectivity index (χ2n) is 7.73. The smallest absolute Gasteiger partial charge is 0.431 e. The minimum Gasteiger partial charge on any atom is -0.497 e. The van der Waals surface area contributed by atoms with E-state index in [4.69, 9.17) is 4.74 Å². The van der Waals surface area contributed by atoms with E-state index >= 15 is 0 Å². The van der Waals surface area contributed by atoms with Crippen molar-refractivity contribution in [1.82, 2.24) is 14.4 Å². The number of likely N-dealkylation sites (N-methyl/N-ethyl adjacent to an activating group) is 1. The summed E-state index contributed by atoms with van der Waals surface area (Å²) in [6.07, 6.45) is -3.17. The highest BCUT2D eigenvalue weighted by molar-refractivity contribution is 5.94. The van der Waals surface area contributed by atoms with Crippen LogP contribution in [0.25, 0.3) is 0 Å². The number of carbonyl (C=O) groups is 1. The van der Waals surface area contributed by atoms with Gasteiger partial charge in [-0.2, -0.15) is 13.2 Å². The Balaban J connectivity index is 1.57. The molecular weight excluding hydrogens is 383 g/mol. The molecule has 2 aromatic rings. The van der Waals surface area contributed by atoms with E-state index in [0.29, 0.717) is 56.0 Å². The van der Waals surface area contributed by atoms with E-state index in [0.717, 1.165) is 0 Å². The average Bonchev–Trinajstić information content (AvgIpc) is 3.17. The number of aromatic nitrogens is 1. The highest BCUT2D eigenvalue weighted by Crippen LogP contribution is 2.44. The van der Waals surface area contributed by atoms with E-state index in [9.17, 15) is 18.0 Å². The number of nitrogens with zero attached hydrogens (tertiary/aromatic N) is 3. The molecule has 1 aromatic heterocycles. The van der Waals surface area contributed by atoms with Gasteiger partial charge in [-0.05, 0) is 50.2 Å². The minimum absolute atomic E-state index is 0.0800. The number of piperidine rings is 1. The van der Waals surface area contributed by atoms with Crippen LogP contribution in [-0.4, -0.2) is 54.1 Å². The fourth-order valence-corrected chi connectivity index (χ4v) is 4.68. The second kappa shape index (κ2) is 7.09. The molecule has 1 fully saturated rings. The van der Waals surface area contributed by atoms with Crippen LogP contribution in [0.3, 0.4) is 0 Å². The van der Waals surface area contributed by atoms with Gasteiger partial charge in [0.05, 0.1) is 12.6 Å². The molecule has 1 spiro atoms. The molecule has 3 heterocycles. The predicted octanol–water partition coefficient (Wildman–Crippen LogP) is 3.59. The van der Waals surface area contributed by atoms with Crippen LogP contribution in [0.15, 0.2) is 36.4 Å². The van der Waals surface area contributed by atoms with Gasteiger partial charge in [-0.15, -0.1) is 0 Å². The number of fused-ring (bicyclic) bond motifs is 2. The molecule has 4 rings (SSSR count). The quantitative estimate of drug-likeness (QED) is 0.764. The van der Waals surface area contributed by atoms with Crippen LogP contribution in [0, 0.1) is 0 Å². The minimum atomic E-state index is -4.36. The fourth-order valence-electron chi connectivity index (χ4n) is 4.68. The summed E-state index contributed by atoms with van der Waals surface area (Å²) in [5.41, 5.74) is 0.189. The predicted molar refractivity (Wildman–Crippen MR) is 102 cm³/mol. The maximum absolute atomic E-state index is 13.4. The van der Waals surface area contributed by atoms with Crippen LogP contribution < -0.4 is 4.74 Å². The van der Waals surface area contributed by atoms with Crippen molar-refractivity contribution in [3.05, 3.63) is 53.3 Å². The number of hydrogen-bond acceptors (Lipinski definition) is 3. The van der Waals surface area contributed by atoms with E-state index in [2.05, 4.69) is 4.90 Å². The molecule has 2 aliphatic rings. The molecule has 2 aliphatic heterocycles. The number of benzene rings is 1. The van der Waals surface area contributed by atoms with Gasteiger partial charge in [-0.1, -0.05) is 6.07 Å². The van der Waals surface area contributed by atoms with Gasteiger partial charge >= 0.3 is 6.18 Å². The summed E-state index contributed by atoms with van der Waals surface area (Å²) >= 11 is 0. The summed E-state index contributed by atoms with van der Waals surface area (Å²) in [5.74, 6) is 0.539. The third-order valence-corrected chi connectivity index (χ3v) is 6.33. The molecule has 1 saturated heterocycles. The van der Waals surface area contributed by atoms with Gasteiger partial charge < -0.3 is 14.2 Å². The standard InChI is InChI=1S/C21H24F3N3O2/c1-25-12-13-27-17(6-7-18(27)21(22,23)24)20(25)8-10-26(11-9-20)19(28)15-4-3-5-16(14-15)29-2/h3-7,14H,8-13H2,1-2H3. The fraction of sp³-hybridized carbons (Fsp3) is 0.476. The zero-order valence-corrected chi connectivity index (χ0v) is 16.5. The monoisotopic (exact) mass is 407 g/mol. The first-order valence-electron chi connectivity index (χ1n) is 9.68. The summed E-state index contributed by atoms with van der Waals surface area (Å²) in [6, 6.07) is 9.81. The van der Waals surface area contributed by atoms with Crippen LogP contribution in [0.4, 0.5) is 13.2 Å². The van der Waals surface area contributed by atoms with Crippen LogP contribution >= 0.6 is 0 Å². The molecule has 29 heavy (non-hydrogen) atoms. The lowest BCUT2D eigenvalue weighted by molar-refractivity contribution is -0.144. The third-order valence-electron chi connectivity index (χ3n) is 6.33. The van der Waals surface area contributed by atoms with Crippen LogP contribution in [0.2, 0.25) is 0 Å². The SMILES string of the molecule is COc1cccc(C(=O)N2CCC3(CC2)c2ccc(C(F)(F)F)n2CCN3C)c1. The Morgan fingerprint density at radius 1 is 1.07 bits per heavy atom. The number of halogens is 3. The highest BCUT2D eigenvalue weighted by atomic mass is 19.4. The van der Waals surface area contributed by atoms with Crippen molar-refractivity contribution in [2.24, 2.45) is 0 Å². The molecule has 5 nitrogen and oxygen atoms in total. The average molecular weight is 407 g/mol. The number of alkyl halides is 3. The maximum Gasteiger partial charge on any atom is 0.431 e. The molecule has 0 aliphatic carbocycles. The van der Waals surface area contributed by atoms with Crippen molar-refractivity contribution < 1.29 is 22.7 Å². The first-order chi connectivity index (χ1) is 13.8. The Morgan fingerprint density at radius 3 is 2.45 bits per heavy atom. The molecule has 0 unspecified atom stereocenters. The van der Waals surface area contributed by atoms with Gasteiger partial charge in [0.1, 0.15) is 11.4 Å². The molecule has 8 heteroatoms. The molecule has 0 N–H and O–H groups in total. The summed E-state index contributed by atoms with van der Waals surface area (Å²) in [6.45, 7) is 1.86. The zero-order valence-electron chi connectivity index (χ0n) is 16.5. The molecule has 0 atom stereocenters. The number of hydrogen-bond donors (Lipinski definition) is 0. The third kappa shape index (κ3) is 3.29. The summed E-state index contributed by atoms with van der Waals surface area (Å²) < 4.78 is 46.8.